The van der Waals surface area contributed by atoms with Crippen LogP contribution in [-0.2, 0) is 33.9 Å². The van der Waals surface area contributed by atoms with Crippen LogP contribution < -0.4 is 14.2 Å². The van der Waals surface area contributed by atoms with E-state index in [2.05, 4.69) is 25.1 Å². The Morgan fingerprint density at radius 1 is 1.20 bits per heavy atom. The zero-order valence-corrected chi connectivity index (χ0v) is 33.3. The highest BCUT2D eigenvalue weighted by molar-refractivity contribution is 7.90. The number of halogens is 1. The molecule has 13 nitrogen and oxygen atoms in total. The lowest BCUT2D eigenvalue weighted by molar-refractivity contribution is -0.167. The zero-order valence-electron chi connectivity index (χ0n) is 30.9. The number of hydrogen-bond acceptors (Lipinski definition) is 12. The predicted octanol–water partition coefficient (Wildman–Crippen LogP) is 5.65. The fourth-order valence-corrected chi connectivity index (χ4v) is 10.1. The van der Waals surface area contributed by atoms with Crippen LogP contribution in [0.4, 0.5) is 0 Å². The van der Waals surface area contributed by atoms with Crippen molar-refractivity contribution in [2.24, 2.45) is 17.3 Å². The average molecular weight is 801 g/mol. The van der Waals surface area contributed by atoms with Crippen molar-refractivity contribution in [3.63, 3.8) is 0 Å². The van der Waals surface area contributed by atoms with Gasteiger partial charge in [-0.2, -0.15) is 0 Å². The molecule has 290 valence electrons. The Hall–Kier alpha value is -3.63. The monoisotopic (exact) mass is 800 g/mol. The van der Waals surface area contributed by atoms with Crippen LogP contribution in [0.5, 0.6) is 11.5 Å². The van der Waals surface area contributed by atoms with Gasteiger partial charge in [0.25, 0.3) is 5.91 Å². The molecule has 2 saturated carbocycles. The number of amides is 2. The number of methoxy groups -OCH3 is 1. The number of morpholine rings is 1. The van der Waals surface area contributed by atoms with Crippen molar-refractivity contribution in [3.05, 3.63) is 47.0 Å². The second-order valence-electron chi connectivity index (χ2n) is 15.3. The number of Topliss-reactive ketones (excluding diaryl/α,β-unsaturated/α-hetero) is 1. The van der Waals surface area contributed by atoms with Gasteiger partial charge in [-0.15, -0.1) is 17.9 Å². The fourth-order valence-electron chi connectivity index (χ4n) is 7.51. The molecule has 1 N–H and O–H groups in total. The number of ketones is 1. The van der Waals surface area contributed by atoms with Gasteiger partial charge in [0.1, 0.15) is 39.4 Å². The molecule has 6 atom stereocenters. The molecule has 0 bridgehead atoms. The van der Waals surface area contributed by atoms with Crippen LogP contribution in [0.15, 0.2) is 36.2 Å². The van der Waals surface area contributed by atoms with Crippen molar-refractivity contribution in [1.82, 2.24) is 19.6 Å². The third-order valence-corrected chi connectivity index (χ3v) is 13.9. The number of fused-ring (bicyclic) bond motifs is 2. The number of benzene rings is 1. The van der Waals surface area contributed by atoms with Gasteiger partial charge in [0.05, 0.1) is 40.6 Å². The summed E-state index contributed by atoms with van der Waals surface area (Å²) >= 11 is 8.33. The van der Waals surface area contributed by atoms with Crippen molar-refractivity contribution >= 4 is 61.5 Å². The summed E-state index contributed by atoms with van der Waals surface area (Å²) in [6, 6.07) is 3.71. The lowest BCUT2D eigenvalue weighted by Gasteiger charge is -2.40. The van der Waals surface area contributed by atoms with Crippen LogP contribution in [-0.4, -0.2) is 90.9 Å². The summed E-state index contributed by atoms with van der Waals surface area (Å²) in [6.07, 6.45) is 1.26. The number of carbonyl (C=O) groups excluding carboxylic acids is 3. The number of carbonyl (C=O) groups is 3. The summed E-state index contributed by atoms with van der Waals surface area (Å²) in [4.78, 5) is 53.4. The molecular formula is C38H45ClN4O9S2. The quantitative estimate of drug-likeness (QED) is 0.149. The molecule has 16 heteroatoms. The first-order chi connectivity index (χ1) is 25.7. The summed E-state index contributed by atoms with van der Waals surface area (Å²) in [5.41, 5.74) is 0.589. The minimum absolute atomic E-state index is 0.0221. The Balaban J connectivity index is 1.23. The van der Waals surface area contributed by atoms with Crippen molar-refractivity contribution < 1.29 is 41.7 Å². The summed E-state index contributed by atoms with van der Waals surface area (Å²) in [6.45, 7) is 11.8. The van der Waals surface area contributed by atoms with E-state index in [0.717, 1.165) is 5.69 Å². The number of hydrogen-bond donors (Lipinski definition) is 1. The number of allylic oxidation sites excluding steroid dienone is 1. The second kappa shape index (κ2) is 14.8. The van der Waals surface area contributed by atoms with Crippen molar-refractivity contribution in [2.75, 3.05) is 20.5 Å². The molecule has 54 heavy (non-hydrogen) atoms. The number of nitrogens with one attached hydrogen (secondary N) is 1. The van der Waals surface area contributed by atoms with Crippen LogP contribution >= 0.6 is 22.9 Å². The van der Waals surface area contributed by atoms with Crippen LogP contribution in [0.2, 0.25) is 5.02 Å². The Labute approximate surface area is 323 Å². The highest BCUT2D eigenvalue weighted by Crippen LogP contribution is 2.57. The lowest BCUT2D eigenvalue weighted by Crippen LogP contribution is -2.58. The Morgan fingerprint density at radius 3 is 2.59 bits per heavy atom. The Bertz CT molecular complexity index is 2100. The molecule has 2 aliphatic carbocycles. The summed E-state index contributed by atoms with van der Waals surface area (Å²) in [7, 11) is -2.33. The van der Waals surface area contributed by atoms with Gasteiger partial charge in [0.2, 0.25) is 15.9 Å². The number of nitrogens with zero attached hydrogens (tertiary/aromatic N) is 3. The van der Waals surface area contributed by atoms with E-state index in [1.54, 1.807) is 29.2 Å². The molecule has 3 aromatic rings. The molecule has 1 aromatic carbocycles. The molecule has 0 spiro atoms. The van der Waals surface area contributed by atoms with E-state index in [-0.39, 0.29) is 67.1 Å². The molecule has 2 aromatic heterocycles. The van der Waals surface area contributed by atoms with Gasteiger partial charge in [0, 0.05) is 36.8 Å². The van der Waals surface area contributed by atoms with Gasteiger partial charge in [0.15, 0.2) is 12.6 Å². The maximum atomic E-state index is 14.4. The molecule has 0 radical (unpaired) electrons. The standard InChI is InChI=1S/C38H45ClN4O9S2/c1-7-21-14-38(21,37(46)42-54(47,48)22-8-9-22)15-28(44)26-13-31(27-16-50-34(20(4)5)36(45)43(26)27)52-30-12-24(35-41-25(17-53-35)19(2)3)40-33-23(30)10-11-29(32(33)39)51-18-49-6/h7,10-12,17,19-22,26-27,31,34H,1,8-9,13-16,18H2,2-6H3,(H,42,46)/t21-,26+,27-,31-,34?,38-/m1/s1. The van der Waals surface area contributed by atoms with Gasteiger partial charge in [-0.3, -0.25) is 19.1 Å². The van der Waals surface area contributed by atoms with E-state index in [9.17, 15) is 22.8 Å². The number of pyridine rings is 1. The molecule has 4 fully saturated rings. The molecule has 2 saturated heterocycles. The number of rotatable bonds is 15. The molecule has 2 aliphatic heterocycles. The summed E-state index contributed by atoms with van der Waals surface area (Å²) < 4.78 is 51.4. The van der Waals surface area contributed by atoms with Crippen LogP contribution in [0.25, 0.3) is 21.6 Å². The first-order valence-electron chi connectivity index (χ1n) is 18.2. The molecule has 2 amide bonds. The van der Waals surface area contributed by atoms with Crippen LogP contribution in [0.1, 0.15) is 71.4 Å². The smallest absolute Gasteiger partial charge is 0.253 e. The van der Waals surface area contributed by atoms with Gasteiger partial charge in [-0.05, 0) is 49.1 Å². The molecular weight excluding hydrogens is 756 g/mol. The van der Waals surface area contributed by atoms with E-state index in [0.29, 0.717) is 45.9 Å². The van der Waals surface area contributed by atoms with E-state index in [4.69, 9.17) is 40.5 Å². The van der Waals surface area contributed by atoms with E-state index < -0.39 is 50.9 Å². The fraction of sp³-hybridized carbons (Fsp3) is 0.553. The highest BCUT2D eigenvalue weighted by atomic mass is 35.5. The van der Waals surface area contributed by atoms with Crippen molar-refractivity contribution in [2.45, 2.75) is 95.3 Å². The van der Waals surface area contributed by atoms with Gasteiger partial charge >= 0.3 is 0 Å². The molecule has 7 rings (SSSR count). The Morgan fingerprint density at radius 2 is 1.96 bits per heavy atom. The molecule has 4 aliphatic rings. The molecule has 4 heterocycles. The largest absolute Gasteiger partial charge is 0.487 e. The summed E-state index contributed by atoms with van der Waals surface area (Å²) in [5, 5.41) is 2.88. The van der Waals surface area contributed by atoms with Gasteiger partial charge in [-0.25, -0.2) is 18.4 Å². The third-order valence-electron chi connectivity index (χ3n) is 10.8. The van der Waals surface area contributed by atoms with Crippen LogP contribution in [0.3, 0.4) is 0 Å². The SMILES string of the molecule is C=C[C@@H]1C[C@]1(CC(=O)[C@@H]1C[C@@H](Oc2cc(-c3nc(C(C)C)cs3)nc3c(Cl)c(OCOC)ccc23)[C@H]2COC(C(C)C)C(=O)N21)C(=O)NS(=O)(=O)C1CC1. The maximum Gasteiger partial charge on any atom is 0.253 e. The van der Waals surface area contributed by atoms with Crippen molar-refractivity contribution in [3.8, 4) is 22.2 Å². The second-order valence-corrected chi connectivity index (χ2v) is 18.5. The molecule has 1 unspecified atom stereocenters. The van der Waals surface area contributed by atoms with Gasteiger partial charge < -0.3 is 23.8 Å². The van der Waals surface area contributed by atoms with Crippen LogP contribution in [0, 0.1) is 17.3 Å². The lowest BCUT2D eigenvalue weighted by atomic mass is 9.91. The minimum atomic E-state index is -3.84. The minimum Gasteiger partial charge on any atom is -0.487 e. The first kappa shape index (κ1) is 38.6. The van der Waals surface area contributed by atoms with E-state index in [1.165, 1.54) is 18.4 Å². The third kappa shape index (κ3) is 7.13. The first-order valence-corrected chi connectivity index (χ1v) is 21.0. The van der Waals surface area contributed by atoms with E-state index in [1.807, 2.05) is 19.2 Å². The number of thiazole rings is 1. The topological polar surface area (TPSA) is 163 Å². The highest BCUT2D eigenvalue weighted by Gasteiger charge is 2.62. The number of sulfonamides is 1. The number of aromatic nitrogens is 2. The Kier molecular flexibility index (Phi) is 10.6. The normalized spacial score (nSPS) is 26.6. The van der Waals surface area contributed by atoms with E-state index >= 15 is 0 Å². The predicted molar refractivity (Wildman–Crippen MR) is 203 cm³/mol. The number of ether oxygens (including phenoxy) is 4. The average Bonchev–Trinajstić information content (AvgIpc) is 4.02. The zero-order chi connectivity index (χ0) is 38.7. The van der Waals surface area contributed by atoms with Gasteiger partial charge in [-0.1, -0.05) is 45.4 Å². The van der Waals surface area contributed by atoms with Crippen molar-refractivity contribution in [1.29, 1.82) is 0 Å². The maximum absolute atomic E-state index is 14.4. The summed E-state index contributed by atoms with van der Waals surface area (Å²) in [5.74, 6) is -0.932.